The number of rotatable bonds is 2. The van der Waals surface area contributed by atoms with Crippen LogP contribution in [0.5, 0.6) is 0 Å². The monoisotopic (exact) mass is 340 g/mol. The predicted octanol–water partition coefficient (Wildman–Crippen LogP) is 5.51. The van der Waals surface area contributed by atoms with E-state index in [1.165, 1.54) is 38.9 Å². The third-order valence-electron chi connectivity index (χ3n) is 5.54. The molecule has 5 rings (SSSR count). The van der Waals surface area contributed by atoms with Crippen molar-refractivity contribution in [1.29, 1.82) is 0 Å². The summed E-state index contributed by atoms with van der Waals surface area (Å²) in [6, 6.07) is 17.2. The van der Waals surface area contributed by atoms with E-state index >= 15 is 0 Å². The highest BCUT2D eigenvalue weighted by Gasteiger charge is 2.33. The second-order valence-electron chi connectivity index (χ2n) is 6.91. The lowest BCUT2D eigenvalue weighted by molar-refractivity contribution is 0.316. The maximum absolute atomic E-state index is 6.61. The van der Waals surface area contributed by atoms with E-state index in [-0.39, 0.29) is 0 Å². The van der Waals surface area contributed by atoms with Crippen molar-refractivity contribution in [2.24, 2.45) is 0 Å². The maximum Gasteiger partial charge on any atom is 0.347 e. The minimum atomic E-state index is 0.988. The van der Waals surface area contributed by atoms with Gasteiger partial charge >= 0.3 is 11.5 Å². The summed E-state index contributed by atoms with van der Waals surface area (Å²) < 4.78 is 11.7. The summed E-state index contributed by atoms with van der Waals surface area (Å²) in [5.74, 6) is 2.01. The number of benzene rings is 2. The lowest BCUT2D eigenvalue weighted by Crippen LogP contribution is -2.12. The van der Waals surface area contributed by atoms with Gasteiger partial charge in [-0.3, -0.25) is 0 Å². The van der Waals surface area contributed by atoms with E-state index in [4.69, 9.17) is 9.15 Å². The van der Waals surface area contributed by atoms with Gasteiger partial charge in [-0.2, -0.15) is 6.08 Å². The fraction of sp³-hybridized carbons (Fsp3) is 0.208. The summed E-state index contributed by atoms with van der Waals surface area (Å²) >= 11 is 0. The van der Waals surface area contributed by atoms with E-state index in [9.17, 15) is 0 Å². The van der Waals surface area contributed by atoms with Gasteiger partial charge in [0.2, 0.25) is 0 Å². The lowest BCUT2D eigenvalue weighted by Gasteiger charge is -2.25. The number of methoxy groups -OCH3 is 1. The topological polar surface area (TPSA) is 20.5 Å². The fourth-order valence-corrected chi connectivity index (χ4v) is 4.31. The highest BCUT2D eigenvalue weighted by Crippen LogP contribution is 2.44. The van der Waals surface area contributed by atoms with Crippen LogP contribution in [-0.4, -0.2) is 7.11 Å². The average molecular weight is 340 g/mol. The lowest BCUT2D eigenvalue weighted by atomic mass is 9.81. The molecule has 0 saturated heterocycles. The molecule has 0 unspecified atom stereocenters. The van der Waals surface area contributed by atoms with E-state index < -0.39 is 0 Å². The third kappa shape index (κ3) is 2.29. The van der Waals surface area contributed by atoms with Crippen molar-refractivity contribution >= 4 is 6.08 Å². The van der Waals surface area contributed by atoms with Gasteiger partial charge in [-0.05, 0) is 60.1 Å². The first-order valence-corrected chi connectivity index (χ1v) is 9.17. The minimum Gasteiger partial charge on any atom is -0.596 e. The molecule has 128 valence electrons. The molecule has 0 spiro atoms. The molecule has 0 bridgehead atoms. The Morgan fingerprint density at radius 3 is 1.88 bits per heavy atom. The molecule has 3 aromatic rings. The van der Waals surface area contributed by atoms with Crippen LogP contribution in [0.1, 0.15) is 27.8 Å². The van der Waals surface area contributed by atoms with Crippen molar-refractivity contribution in [3.8, 4) is 22.6 Å². The standard InChI is InChI=1S/C24H20O2/c1-25-15-14-20-21-12-10-16-6-2-4-8-18(16)23(21)26-24-19-9-5-3-7-17(19)11-13-22(20)24/h2-9,14H,10-13H2,1H3. The SMILES string of the molecule is CO[C-]=Cc1c2c([o+]c3c1CCc1ccccc1-3)-c1ccccc1CC2. The number of aryl methyl sites for hydroxylation is 2. The van der Waals surface area contributed by atoms with Gasteiger partial charge in [0.15, 0.2) is 0 Å². The molecular weight excluding hydrogens is 320 g/mol. The predicted molar refractivity (Wildman–Crippen MR) is 104 cm³/mol. The van der Waals surface area contributed by atoms with Crippen LogP contribution in [0.3, 0.4) is 0 Å². The number of hydrogen-bond donors (Lipinski definition) is 0. The van der Waals surface area contributed by atoms with Crippen molar-refractivity contribution in [3.05, 3.63) is 82.6 Å². The third-order valence-corrected chi connectivity index (χ3v) is 5.54. The van der Waals surface area contributed by atoms with Crippen LogP contribution >= 0.6 is 0 Å². The van der Waals surface area contributed by atoms with Crippen molar-refractivity contribution in [3.63, 3.8) is 0 Å². The van der Waals surface area contributed by atoms with E-state index in [1.807, 2.05) is 6.08 Å². The summed E-state index contributed by atoms with van der Waals surface area (Å²) in [5.41, 5.74) is 8.94. The molecule has 0 amide bonds. The van der Waals surface area contributed by atoms with Crippen LogP contribution in [0.25, 0.3) is 28.7 Å². The molecule has 1 aromatic heterocycles. The molecule has 0 fully saturated rings. The van der Waals surface area contributed by atoms with Gasteiger partial charge < -0.3 is 4.74 Å². The number of ether oxygens (including phenoxy) is 1. The molecule has 2 heteroatoms. The molecule has 0 N–H and O–H groups in total. The van der Waals surface area contributed by atoms with Gasteiger partial charge in [0, 0.05) is 0 Å². The maximum atomic E-state index is 6.61. The smallest absolute Gasteiger partial charge is 0.347 e. The van der Waals surface area contributed by atoms with Crippen molar-refractivity contribution in [2.75, 3.05) is 7.11 Å². The summed E-state index contributed by atoms with van der Waals surface area (Å²) in [4.78, 5) is 0. The Hall–Kier alpha value is -2.87. The van der Waals surface area contributed by atoms with Crippen molar-refractivity contribution in [1.82, 2.24) is 0 Å². The van der Waals surface area contributed by atoms with Crippen molar-refractivity contribution < 1.29 is 9.15 Å². The van der Waals surface area contributed by atoms with Gasteiger partial charge in [0.05, 0.1) is 18.2 Å². The summed E-state index contributed by atoms with van der Waals surface area (Å²) in [7, 11) is 1.65. The molecular formula is C24H20O2. The normalized spacial score (nSPS) is 14.3. The van der Waals surface area contributed by atoms with Gasteiger partial charge in [-0.15, -0.1) is 5.56 Å². The van der Waals surface area contributed by atoms with Gasteiger partial charge in [-0.1, -0.05) is 42.7 Å². The van der Waals surface area contributed by atoms with Crippen molar-refractivity contribution in [2.45, 2.75) is 25.7 Å². The molecule has 0 radical (unpaired) electrons. The second-order valence-corrected chi connectivity index (χ2v) is 6.91. The van der Waals surface area contributed by atoms with Gasteiger partial charge in [0.25, 0.3) is 0 Å². The Kier molecular flexibility index (Phi) is 3.63. The Labute approximate surface area is 153 Å². The highest BCUT2D eigenvalue weighted by atomic mass is 16.5. The van der Waals surface area contributed by atoms with Crippen LogP contribution < -0.4 is 0 Å². The number of fused-ring (bicyclic) bond motifs is 6. The molecule has 2 aromatic carbocycles. The van der Waals surface area contributed by atoms with Crippen LogP contribution in [0.2, 0.25) is 0 Å². The van der Waals surface area contributed by atoms with Crippen LogP contribution in [0.15, 0.2) is 52.9 Å². The average Bonchev–Trinajstić information content (AvgIpc) is 2.71. The van der Waals surface area contributed by atoms with E-state index in [0.717, 1.165) is 37.2 Å². The van der Waals surface area contributed by atoms with Gasteiger partial charge in [-0.25, -0.2) is 4.42 Å². The minimum absolute atomic E-state index is 0.988. The molecule has 1 heterocycles. The largest absolute Gasteiger partial charge is 0.596 e. The highest BCUT2D eigenvalue weighted by molar-refractivity contribution is 5.80. The van der Waals surface area contributed by atoms with E-state index in [0.29, 0.717) is 0 Å². The molecule has 2 aliphatic carbocycles. The van der Waals surface area contributed by atoms with E-state index in [1.54, 1.807) is 7.11 Å². The second kappa shape index (κ2) is 6.14. The van der Waals surface area contributed by atoms with Crippen LogP contribution in [-0.2, 0) is 30.4 Å². The van der Waals surface area contributed by atoms with E-state index in [2.05, 4.69) is 54.8 Å². The molecule has 0 aliphatic heterocycles. The number of hydrogen-bond acceptors (Lipinski definition) is 1. The zero-order valence-electron chi connectivity index (χ0n) is 14.8. The first-order chi connectivity index (χ1) is 12.9. The van der Waals surface area contributed by atoms with Gasteiger partial charge in [0.1, 0.15) is 0 Å². The molecule has 0 atom stereocenters. The quantitative estimate of drug-likeness (QED) is 0.348. The Morgan fingerprint density at radius 2 is 1.35 bits per heavy atom. The first-order valence-electron chi connectivity index (χ1n) is 9.17. The summed E-state index contributed by atoms with van der Waals surface area (Å²) in [6.45, 7) is 0. The first kappa shape index (κ1) is 15.4. The zero-order valence-corrected chi connectivity index (χ0v) is 14.8. The molecule has 2 aliphatic rings. The zero-order chi connectivity index (χ0) is 17.5. The fourth-order valence-electron chi connectivity index (χ4n) is 4.31. The summed E-state index contributed by atoms with van der Waals surface area (Å²) in [6.07, 6.45) is 9.00. The Balaban J connectivity index is 1.83. The van der Waals surface area contributed by atoms with Crippen LogP contribution in [0.4, 0.5) is 0 Å². The molecule has 2 nitrogen and oxygen atoms in total. The Bertz CT molecular complexity index is 957. The molecule has 26 heavy (non-hydrogen) atoms. The summed E-state index contributed by atoms with van der Waals surface area (Å²) in [5, 5.41) is 0. The van der Waals surface area contributed by atoms with Crippen LogP contribution in [0, 0.1) is 6.26 Å². The Morgan fingerprint density at radius 1 is 0.808 bits per heavy atom. The molecule has 0 saturated carbocycles.